The number of rotatable bonds is 2. The largest absolute Gasteiger partial charge is 0.297 e. The van der Waals surface area contributed by atoms with Gasteiger partial charge in [0.1, 0.15) is 5.82 Å². The molecule has 2 aromatic rings. The summed E-state index contributed by atoms with van der Waals surface area (Å²) < 4.78 is 4.93. The van der Waals surface area contributed by atoms with Gasteiger partial charge in [0.05, 0.1) is 0 Å². The lowest BCUT2D eigenvalue weighted by molar-refractivity contribution is 0.102. The number of halogens is 1. The molecule has 0 bridgehead atoms. The number of nitrogens with one attached hydrogen (secondary N) is 1. The number of carbonyl (C=O) groups is 1. The van der Waals surface area contributed by atoms with Gasteiger partial charge in [-0.25, -0.2) is 4.98 Å². The Bertz CT molecular complexity index is 509. The van der Waals surface area contributed by atoms with Crippen LogP contribution in [0.2, 0.25) is 0 Å². The van der Waals surface area contributed by atoms with E-state index in [-0.39, 0.29) is 5.91 Å². The van der Waals surface area contributed by atoms with E-state index in [1.54, 1.807) is 19.1 Å². The Morgan fingerprint density at radius 2 is 2.06 bits per heavy atom. The second-order valence-electron chi connectivity index (χ2n) is 3.11. The van der Waals surface area contributed by atoms with Crippen molar-refractivity contribution in [3.05, 3.63) is 40.1 Å². The second kappa shape index (κ2) is 4.71. The second-order valence-corrected chi connectivity index (χ2v) is 4.78. The lowest BCUT2D eigenvalue weighted by Crippen LogP contribution is -2.11. The number of benzene rings is 1. The minimum Gasteiger partial charge on any atom is -0.297 e. The first kappa shape index (κ1) is 11.2. The van der Waals surface area contributed by atoms with E-state index in [2.05, 4.69) is 30.6 Å². The summed E-state index contributed by atoms with van der Waals surface area (Å²) in [6.07, 6.45) is 0. The fourth-order valence-corrected chi connectivity index (χ4v) is 1.95. The van der Waals surface area contributed by atoms with E-state index in [1.807, 2.05) is 12.1 Å². The lowest BCUT2D eigenvalue weighted by atomic mass is 10.2. The van der Waals surface area contributed by atoms with E-state index >= 15 is 0 Å². The molecule has 4 nitrogen and oxygen atoms in total. The van der Waals surface area contributed by atoms with Crippen molar-refractivity contribution in [1.82, 2.24) is 9.36 Å². The maximum absolute atomic E-state index is 11.7. The number of hydrogen-bond acceptors (Lipinski definition) is 4. The average Bonchev–Trinajstić information content (AvgIpc) is 2.65. The van der Waals surface area contributed by atoms with Crippen LogP contribution in [0.15, 0.2) is 28.7 Å². The van der Waals surface area contributed by atoms with Crippen LogP contribution >= 0.6 is 27.5 Å². The van der Waals surface area contributed by atoms with Gasteiger partial charge in [0.15, 0.2) is 0 Å². The van der Waals surface area contributed by atoms with Crippen LogP contribution in [0.1, 0.15) is 16.2 Å². The van der Waals surface area contributed by atoms with Crippen LogP contribution in [0, 0.1) is 6.92 Å². The summed E-state index contributed by atoms with van der Waals surface area (Å²) in [4.78, 5) is 15.8. The Morgan fingerprint density at radius 1 is 1.38 bits per heavy atom. The zero-order valence-electron chi connectivity index (χ0n) is 8.40. The SMILES string of the molecule is Cc1nsc(NC(=O)c2ccc(Br)cc2)n1. The van der Waals surface area contributed by atoms with Crippen molar-refractivity contribution in [3.8, 4) is 0 Å². The average molecular weight is 298 g/mol. The van der Waals surface area contributed by atoms with Crippen LogP contribution in [-0.2, 0) is 0 Å². The first-order chi connectivity index (χ1) is 7.65. The van der Waals surface area contributed by atoms with Crippen molar-refractivity contribution in [1.29, 1.82) is 0 Å². The Balaban J connectivity index is 2.11. The molecule has 0 saturated carbocycles. The van der Waals surface area contributed by atoms with Crippen molar-refractivity contribution < 1.29 is 4.79 Å². The monoisotopic (exact) mass is 297 g/mol. The Kier molecular flexibility index (Phi) is 3.31. The van der Waals surface area contributed by atoms with Crippen molar-refractivity contribution in [3.63, 3.8) is 0 Å². The molecule has 1 aromatic heterocycles. The van der Waals surface area contributed by atoms with Gasteiger partial charge in [-0.05, 0) is 31.2 Å². The van der Waals surface area contributed by atoms with E-state index in [0.29, 0.717) is 16.5 Å². The van der Waals surface area contributed by atoms with Gasteiger partial charge in [-0.3, -0.25) is 10.1 Å². The summed E-state index contributed by atoms with van der Waals surface area (Å²) in [5.41, 5.74) is 0.594. The molecule has 1 amide bonds. The third-order valence-electron chi connectivity index (χ3n) is 1.85. The van der Waals surface area contributed by atoms with E-state index in [1.165, 1.54) is 11.5 Å². The topological polar surface area (TPSA) is 54.9 Å². The molecule has 0 unspecified atom stereocenters. The normalized spacial score (nSPS) is 10.1. The number of nitrogens with zero attached hydrogens (tertiary/aromatic N) is 2. The van der Waals surface area contributed by atoms with Crippen LogP contribution < -0.4 is 5.32 Å². The zero-order chi connectivity index (χ0) is 11.5. The summed E-state index contributed by atoms with van der Waals surface area (Å²) in [6.45, 7) is 1.78. The van der Waals surface area contributed by atoms with Gasteiger partial charge < -0.3 is 0 Å². The summed E-state index contributed by atoms with van der Waals surface area (Å²) in [5, 5.41) is 3.21. The molecule has 0 fully saturated rings. The number of aryl methyl sites for hydroxylation is 1. The van der Waals surface area contributed by atoms with Gasteiger partial charge in [0, 0.05) is 21.6 Å². The van der Waals surface area contributed by atoms with Crippen LogP contribution in [-0.4, -0.2) is 15.3 Å². The maximum atomic E-state index is 11.7. The summed E-state index contributed by atoms with van der Waals surface area (Å²) in [7, 11) is 0. The smallest absolute Gasteiger partial charge is 0.257 e. The highest BCUT2D eigenvalue weighted by Gasteiger charge is 2.08. The zero-order valence-corrected chi connectivity index (χ0v) is 10.8. The van der Waals surface area contributed by atoms with E-state index < -0.39 is 0 Å². The third kappa shape index (κ3) is 2.65. The molecule has 0 saturated heterocycles. The van der Waals surface area contributed by atoms with Crippen LogP contribution in [0.5, 0.6) is 0 Å². The maximum Gasteiger partial charge on any atom is 0.257 e. The highest BCUT2D eigenvalue weighted by atomic mass is 79.9. The molecule has 0 atom stereocenters. The molecule has 1 N–H and O–H groups in total. The number of amides is 1. The number of anilines is 1. The molecule has 0 radical (unpaired) electrons. The number of aromatic nitrogens is 2. The molecule has 0 aliphatic heterocycles. The lowest BCUT2D eigenvalue weighted by Gasteiger charge is -2.00. The summed E-state index contributed by atoms with van der Waals surface area (Å²) >= 11 is 4.49. The molecule has 1 aromatic carbocycles. The van der Waals surface area contributed by atoms with Gasteiger partial charge in [-0.15, -0.1) is 0 Å². The van der Waals surface area contributed by atoms with E-state index in [0.717, 1.165) is 4.47 Å². The van der Waals surface area contributed by atoms with Crippen molar-refractivity contribution >= 4 is 38.5 Å². The van der Waals surface area contributed by atoms with Crippen molar-refractivity contribution in [2.24, 2.45) is 0 Å². The van der Waals surface area contributed by atoms with Gasteiger partial charge >= 0.3 is 0 Å². The standard InChI is InChI=1S/C10H8BrN3OS/c1-6-12-10(16-14-6)13-9(15)7-2-4-8(11)5-3-7/h2-5H,1H3,(H,12,13,14,15). The highest BCUT2D eigenvalue weighted by Crippen LogP contribution is 2.14. The molecule has 2 rings (SSSR count). The molecule has 6 heteroatoms. The Morgan fingerprint density at radius 3 is 2.62 bits per heavy atom. The number of carbonyl (C=O) groups excluding carboxylic acids is 1. The molecular weight excluding hydrogens is 290 g/mol. The van der Waals surface area contributed by atoms with Crippen molar-refractivity contribution in [2.45, 2.75) is 6.92 Å². The molecule has 1 heterocycles. The molecular formula is C10H8BrN3OS. The summed E-state index contributed by atoms with van der Waals surface area (Å²) in [5.74, 6) is 0.486. The molecule has 0 spiro atoms. The van der Waals surface area contributed by atoms with Crippen LogP contribution in [0.3, 0.4) is 0 Å². The fourth-order valence-electron chi connectivity index (χ4n) is 1.12. The fraction of sp³-hybridized carbons (Fsp3) is 0.100. The van der Waals surface area contributed by atoms with Crippen LogP contribution in [0.25, 0.3) is 0 Å². The first-order valence-electron chi connectivity index (χ1n) is 4.52. The molecule has 0 aliphatic rings. The highest BCUT2D eigenvalue weighted by molar-refractivity contribution is 9.10. The predicted molar refractivity (Wildman–Crippen MR) is 66.7 cm³/mol. The van der Waals surface area contributed by atoms with Crippen LogP contribution in [0.4, 0.5) is 5.13 Å². The Labute approximate surface area is 105 Å². The minimum atomic E-state index is -0.177. The van der Waals surface area contributed by atoms with Gasteiger partial charge in [0.25, 0.3) is 5.91 Å². The predicted octanol–water partition coefficient (Wildman–Crippen LogP) is 2.86. The first-order valence-corrected chi connectivity index (χ1v) is 6.09. The third-order valence-corrected chi connectivity index (χ3v) is 3.10. The van der Waals surface area contributed by atoms with Gasteiger partial charge in [0.2, 0.25) is 5.13 Å². The van der Waals surface area contributed by atoms with Gasteiger partial charge in [-0.2, -0.15) is 4.37 Å². The Hall–Kier alpha value is -1.27. The quantitative estimate of drug-likeness (QED) is 0.927. The minimum absolute atomic E-state index is 0.177. The van der Waals surface area contributed by atoms with E-state index in [9.17, 15) is 4.79 Å². The molecule has 0 aliphatic carbocycles. The van der Waals surface area contributed by atoms with E-state index in [4.69, 9.17) is 0 Å². The molecule has 82 valence electrons. The van der Waals surface area contributed by atoms with Gasteiger partial charge in [-0.1, -0.05) is 15.9 Å². The van der Waals surface area contributed by atoms with Crippen molar-refractivity contribution in [2.75, 3.05) is 5.32 Å². The molecule has 16 heavy (non-hydrogen) atoms. The number of hydrogen-bond donors (Lipinski definition) is 1. The summed E-state index contributed by atoms with van der Waals surface area (Å²) in [6, 6.07) is 7.13.